The van der Waals surface area contributed by atoms with Crippen molar-refractivity contribution >= 4 is 27.5 Å². The van der Waals surface area contributed by atoms with Gasteiger partial charge in [0.2, 0.25) is 0 Å². The molecule has 0 aromatic carbocycles. The van der Waals surface area contributed by atoms with E-state index in [-0.39, 0.29) is 0 Å². The third-order valence-corrected chi connectivity index (χ3v) is 4.83. The van der Waals surface area contributed by atoms with Crippen molar-refractivity contribution in [3.8, 4) is 0 Å². The van der Waals surface area contributed by atoms with Crippen molar-refractivity contribution in [2.75, 3.05) is 0 Å². The van der Waals surface area contributed by atoms with Gasteiger partial charge in [0.05, 0.1) is 16.4 Å². The van der Waals surface area contributed by atoms with E-state index >= 15 is 0 Å². The van der Waals surface area contributed by atoms with Crippen LogP contribution in [0.2, 0.25) is 5.02 Å². The van der Waals surface area contributed by atoms with Crippen LogP contribution in [0.15, 0.2) is 0 Å². The Morgan fingerprint density at radius 1 is 1.53 bits per heavy atom. The van der Waals surface area contributed by atoms with Gasteiger partial charge in [0.25, 0.3) is 0 Å². The van der Waals surface area contributed by atoms with Crippen molar-refractivity contribution in [3.63, 3.8) is 0 Å². The highest BCUT2D eigenvalue weighted by Crippen LogP contribution is 2.26. The predicted molar refractivity (Wildman–Crippen MR) is 68.8 cm³/mol. The monoisotopic (exact) mass is 292 g/mol. The van der Waals surface area contributed by atoms with Crippen LogP contribution < -0.4 is 0 Å². The third-order valence-electron chi connectivity index (χ3n) is 2.78. The molecule has 1 aromatic heterocycles. The molecule has 2 nitrogen and oxygen atoms in total. The molecule has 15 heavy (non-hydrogen) atoms. The molecule has 0 N–H and O–H groups in total. The van der Waals surface area contributed by atoms with Gasteiger partial charge in [-0.05, 0) is 25.7 Å². The zero-order chi connectivity index (χ0) is 11.6. The zero-order valence-electron chi connectivity index (χ0n) is 9.72. The van der Waals surface area contributed by atoms with Crippen molar-refractivity contribution in [1.82, 2.24) is 9.78 Å². The number of hydrogen-bond acceptors (Lipinski definition) is 1. The average Bonchev–Trinajstić information content (AvgIpc) is 2.43. The lowest BCUT2D eigenvalue weighted by molar-refractivity contribution is 0.522. The van der Waals surface area contributed by atoms with Gasteiger partial charge in [0.15, 0.2) is 0 Å². The summed E-state index contributed by atoms with van der Waals surface area (Å²) in [6.07, 6.45) is 2.11. The molecule has 0 fully saturated rings. The van der Waals surface area contributed by atoms with E-state index in [0.717, 1.165) is 29.3 Å². The van der Waals surface area contributed by atoms with Gasteiger partial charge < -0.3 is 0 Å². The van der Waals surface area contributed by atoms with Gasteiger partial charge in [0, 0.05) is 11.9 Å². The normalized spacial score (nSPS) is 15.3. The molecule has 1 heterocycles. The van der Waals surface area contributed by atoms with Gasteiger partial charge in [-0.25, -0.2) is 0 Å². The summed E-state index contributed by atoms with van der Waals surface area (Å²) in [5.74, 6) is 0.572. The first-order valence-electron chi connectivity index (χ1n) is 5.29. The summed E-state index contributed by atoms with van der Waals surface area (Å²) < 4.78 is 1.89. The van der Waals surface area contributed by atoms with Crippen molar-refractivity contribution in [1.29, 1.82) is 0 Å². The van der Waals surface area contributed by atoms with E-state index in [1.165, 1.54) is 0 Å². The summed E-state index contributed by atoms with van der Waals surface area (Å²) in [6, 6.07) is 0. The lowest BCUT2D eigenvalue weighted by Gasteiger charge is -2.16. The second kappa shape index (κ2) is 5.35. The molecule has 1 rings (SSSR count). The molecule has 0 amide bonds. The topological polar surface area (TPSA) is 17.8 Å². The van der Waals surface area contributed by atoms with Crippen molar-refractivity contribution in [2.45, 2.75) is 38.4 Å². The molecule has 1 aromatic rings. The van der Waals surface area contributed by atoms with Crippen LogP contribution in [-0.2, 0) is 13.5 Å². The van der Waals surface area contributed by atoms with Crippen molar-refractivity contribution in [3.05, 3.63) is 16.4 Å². The van der Waals surface area contributed by atoms with Gasteiger partial charge in [-0.2, -0.15) is 5.10 Å². The number of aryl methyl sites for hydroxylation is 2. The molecule has 0 aliphatic carbocycles. The zero-order valence-corrected chi connectivity index (χ0v) is 12.1. The van der Waals surface area contributed by atoms with Crippen molar-refractivity contribution in [2.24, 2.45) is 13.0 Å². The molecular weight excluding hydrogens is 275 g/mol. The molecule has 86 valence electrons. The van der Waals surface area contributed by atoms with Crippen LogP contribution in [-0.4, -0.2) is 14.6 Å². The maximum Gasteiger partial charge on any atom is 0.0847 e. The number of halogens is 2. The summed E-state index contributed by atoms with van der Waals surface area (Å²) in [4.78, 5) is 0.545. The van der Waals surface area contributed by atoms with Crippen LogP contribution in [0.1, 0.15) is 31.7 Å². The second-order valence-electron chi connectivity index (χ2n) is 4.08. The van der Waals surface area contributed by atoms with Gasteiger partial charge in [-0.3, -0.25) is 4.68 Å². The number of aromatic nitrogens is 2. The fourth-order valence-electron chi connectivity index (χ4n) is 1.74. The first-order chi connectivity index (χ1) is 6.97. The number of rotatable bonds is 4. The number of nitrogens with zero attached hydrogens (tertiary/aromatic N) is 2. The average molecular weight is 294 g/mol. The third kappa shape index (κ3) is 2.97. The van der Waals surface area contributed by atoms with E-state index in [2.05, 4.69) is 34.9 Å². The molecule has 0 saturated heterocycles. The summed E-state index contributed by atoms with van der Waals surface area (Å²) >= 11 is 9.89. The standard InChI is InChI=1S/C11H18BrClN2/c1-5-9(12)7(2)6-10-11(13)8(3)14-15(10)4/h7,9H,5-6H2,1-4H3. The van der Waals surface area contributed by atoms with E-state index in [1.807, 2.05) is 18.7 Å². The Morgan fingerprint density at radius 3 is 2.53 bits per heavy atom. The fraction of sp³-hybridized carbons (Fsp3) is 0.727. The fourth-order valence-corrected chi connectivity index (χ4v) is 2.16. The minimum Gasteiger partial charge on any atom is -0.271 e. The van der Waals surface area contributed by atoms with Crippen LogP contribution in [0.25, 0.3) is 0 Å². The second-order valence-corrected chi connectivity index (χ2v) is 5.63. The van der Waals surface area contributed by atoms with E-state index in [4.69, 9.17) is 11.6 Å². The number of hydrogen-bond donors (Lipinski definition) is 0. The molecule has 0 aliphatic heterocycles. The minimum atomic E-state index is 0.545. The highest BCUT2D eigenvalue weighted by molar-refractivity contribution is 9.09. The Balaban J connectivity index is 2.80. The Hall–Kier alpha value is -0.0200. The molecule has 0 aliphatic rings. The molecular formula is C11H18BrClN2. The Morgan fingerprint density at radius 2 is 2.13 bits per heavy atom. The predicted octanol–water partition coefficient (Wildman–Crippen LogP) is 3.73. The van der Waals surface area contributed by atoms with Crippen LogP contribution in [0.4, 0.5) is 0 Å². The summed E-state index contributed by atoms with van der Waals surface area (Å²) in [6.45, 7) is 6.37. The number of alkyl halides is 1. The summed E-state index contributed by atoms with van der Waals surface area (Å²) in [5, 5.41) is 5.14. The highest BCUT2D eigenvalue weighted by atomic mass is 79.9. The van der Waals surface area contributed by atoms with E-state index < -0.39 is 0 Å². The molecule has 0 bridgehead atoms. The van der Waals surface area contributed by atoms with E-state index in [0.29, 0.717) is 10.7 Å². The van der Waals surface area contributed by atoms with E-state index in [1.54, 1.807) is 0 Å². The first-order valence-corrected chi connectivity index (χ1v) is 6.58. The molecule has 2 atom stereocenters. The van der Waals surface area contributed by atoms with Gasteiger partial charge >= 0.3 is 0 Å². The summed E-state index contributed by atoms with van der Waals surface area (Å²) in [5.41, 5.74) is 2.06. The first kappa shape index (κ1) is 13.0. The SMILES string of the molecule is CCC(Br)C(C)Cc1c(Cl)c(C)nn1C. The smallest absolute Gasteiger partial charge is 0.0847 e. The van der Waals surface area contributed by atoms with Crippen LogP contribution in [0.3, 0.4) is 0 Å². The summed E-state index contributed by atoms with van der Waals surface area (Å²) in [7, 11) is 1.95. The Kier molecular flexibility index (Phi) is 4.65. The lowest BCUT2D eigenvalue weighted by Crippen LogP contribution is -2.14. The van der Waals surface area contributed by atoms with Crippen LogP contribution in [0, 0.1) is 12.8 Å². The lowest BCUT2D eigenvalue weighted by atomic mass is 10.00. The van der Waals surface area contributed by atoms with E-state index in [9.17, 15) is 0 Å². The van der Waals surface area contributed by atoms with Crippen LogP contribution >= 0.6 is 27.5 Å². The maximum atomic E-state index is 6.21. The van der Waals surface area contributed by atoms with Gasteiger partial charge in [0.1, 0.15) is 0 Å². The highest BCUT2D eigenvalue weighted by Gasteiger charge is 2.18. The molecule has 4 heteroatoms. The molecule has 0 saturated carbocycles. The van der Waals surface area contributed by atoms with Gasteiger partial charge in [-0.15, -0.1) is 0 Å². The Bertz CT molecular complexity index is 336. The minimum absolute atomic E-state index is 0.545. The van der Waals surface area contributed by atoms with Crippen molar-refractivity contribution < 1.29 is 0 Å². The Labute approximate surface area is 105 Å². The molecule has 2 unspecified atom stereocenters. The maximum absolute atomic E-state index is 6.21. The quantitative estimate of drug-likeness (QED) is 0.773. The molecule has 0 spiro atoms. The molecule has 0 radical (unpaired) electrons. The van der Waals surface area contributed by atoms with Crippen LogP contribution in [0.5, 0.6) is 0 Å². The largest absolute Gasteiger partial charge is 0.271 e. The van der Waals surface area contributed by atoms with Gasteiger partial charge in [-0.1, -0.05) is 41.4 Å².